The third-order valence-electron chi connectivity index (χ3n) is 2.64. The highest BCUT2D eigenvalue weighted by Crippen LogP contribution is 2.11. The van der Waals surface area contributed by atoms with E-state index in [-0.39, 0.29) is 19.0 Å². The van der Waals surface area contributed by atoms with E-state index in [0.29, 0.717) is 11.3 Å². The maximum absolute atomic E-state index is 11.7. The number of hydrogen-bond acceptors (Lipinski definition) is 4. The van der Waals surface area contributed by atoms with Gasteiger partial charge in [-0.25, -0.2) is 4.79 Å². The van der Waals surface area contributed by atoms with Crippen molar-refractivity contribution in [1.29, 1.82) is 0 Å². The lowest BCUT2D eigenvalue weighted by Gasteiger charge is -2.26. The Bertz CT molecular complexity index is 469. The molecule has 0 atom stereocenters. The summed E-state index contributed by atoms with van der Waals surface area (Å²) in [6.07, 6.45) is 0. The molecule has 0 unspecified atom stereocenters. The van der Waals surface area contributed by atoms with Gasteiger partial charge in [-0.05, 0) is 26.0 Å². The predicted octanol–water partition coefficient (Wildman–Crippen LogP) is 0.754. The third-order valence-corrected chi connectivity index (χ3v) is 2.64. The van der Waals surface area contributed by atoms with Gasteiger partial charge in [0.05, 0.1) is 18.8 Å². The highest BCUT2D eigenvalue weighted by Gasteiger charge is 2.24. The number of urea groups is 1. The lowest BCUT2D eigenvalue weighted by atomic mass is 10.1. The Labute approximate surface area is 111 Å². The molecule has 6 nitrogen and oxygen atoms in total. The molecule has 0 aromatic heterocycles. The zero-order chi connectivity index (χ0) is 14.5. The van der Waals surface area contributed by atoms with E-state index >= 15 is 0 Å². The maximum atomic E-state index is 11.7. The molecule has 0 radical (unpaired) electrons. The second-order valence-corrected chi connectivity index (χ2v) is 4.59. The van der Waals surface area contributed by atoms with E-state index in [1.165, 1.54) is 13.8 Å². The van der Waals surface area contributed by atoms with E-state index in [9.17, 15) is 9.59 Å². The molecular weight excluding hydrogens is 248 g/mol. The summed E-state index contributed by atoms with van der Waals surface area (Å²) < 4.78 is 0. The van der Waals surface area contributed by atoms with Gasteiger partial charge in [0.1, 0.15) is 0 Å². The monoisotopic (exact) mass is 266 g/mol. The quantitative estimate of drug-likeness (QED) is 0.591. The van der Waals surface area contributed by atoms with Crippen molar-refractivity contribution in [2.24, 2.45) is 0 Å². The van der Waals surface area contributed by atoms with Gasteiger partial charge in [0.15, 0.2) is 5.78 Å². The van der Waals surface area contributed by atoms with Crippen LogP contribution in [0.25, 0.3) is 0 Å². The molecule has 104 valence electrons. The van der Waals surface area contributed by atoms with E-state index in [4.69, 9.17) is 10.2 Å². The number of ketones is 1. The molecule has 1 aromatic carbocycles. The minimum absolute atomic E-state index is 0.0976. The molecule has 0 aliphatic carbocycles. The minimum atomic E-state index is -1.09. The fourth-order valence-corrected chi connectivity index (χ4v) is 1.38. The first-order valence-electron chi connectivity index (χ1n) is 5.82. The van der Waals surface area contributed by atoms with Gasteiger partial charge >= 0.3 is 6.03 Å². The first kappa shape index (κ1) is 15.1. The van der Waals surface area contributed by atoms with Gasteiger partial charge in [0.2, 0.25) is 0 Å². The molecule has 1 aromatic rings. The molecule has 1 rings (SSSR count). The molecule has 0 aliphatic rings. The fraction of sp³-hybridized carbons (Fsp3) is 0.385. The van der Waals surface area contributed by atoms with Crippen molar-refractivity contribution in [3.63, 3.8) is 0 Å². The summed E-state index contributed by atoms with van der Waals surface area (Å²) in [6, 6.07) is 5.94. The van der Waals surface area contributed by atoms with Crippen LogP contribution in [0.5, 0.6) is 0 Å². The van der Waals surface area contributed by atoms with Crippen LogP contribution in [0.3, 0.4) is 0 Å². The number of Topliss-reactive ketones (excluding diaryl/α,β-unsaturated/α-hetero) is 1. The summed E-state index contributed by atoms with van der Waals surface area (Å²) in [5.41, 5.74) is -0.143. The Morgan fingerprint density at radius 1 is 1.26 bits per heavy atom. The molecule has 19 heavy (non-hydrogen) atoms. The molecule has 0 saturated carbocycles. The van der Waals surface area contributed by atoms with Crippen LogP contribution in [0.1, 0.15) is 24.2 Å². The van der Waals surface area contributed by atoms with Crippen molar-refractivity contribution < 1.29 is 19.8 Å². The van der Waals surface area contributed by atoms with Crippen LogP contribution < -0.4 is 10.6 Å². The molecule has 2 amide bonds. The van der Waals surface area contributed by atoms with E-state index in [0.717, 1.165) is 0 Å². The van der Waals surface area contributed by atoms with Crippen LogP contribution >= 0.6 is 0 Å². The summed E-state index contributed by atoms with van der Waals surface area (Å²) in [5, 5.41) is 23.1. The number of anilines is 1. The highest BCUT2D eigenvalue weighted by molar-refractivity contribution is 5.96. The second-order valence-electron chi connectivity index (χ2n) is 4.59. The van der Waals surface area contributed by atoms with E-state index < -0.39 is 11.6 Å². The van der Waals surface area contributed by atoms with Crippen molar-refractivity contribution in [3.05, 3.63) is 29.8 Å². The average Bonchev–Trinajstić information content (AvgIpc) is 2.38. The molecule has 6 heteroatoms. The molecule has 0 heterocycles. The zero-order valence-corrected chi connectivity index (χ0v) is 10.9. The normalized spacial score (nSPS) is 10.9. The van der Waals surface area contributed by atoms with Crippen molar-refractivity contribution in [3.8, 4) is 0 Å². The molecule has 0 spiro atoms. The number of benzene rings is 1. The van der Waals surface area contributed by atoms with Gasteiger partial charge in [-0.1, -0.05) is 12.1 Å². The Kier molecular flexibility index (Phi) is 5.02. The van der Waals surface area contributed by atoms with Crippen LogP contribution in [0.4, 0.5) is 10.5 Å². The van der Waals surface area contributed by atoms with Crippen LogP contribution in [-0.2, 0) is 0 Å². The van der Waals surface area contributed by atoms with Crippen LogP contribution in [0, 0.1) is 0 Å². The molecular formula is C13H18N2O4. The van der Waals surface area contributed by atoms with Crippen molar-refractivity contribution in [2.45, 2.75) is 19.4 Å². The predicted molar refractivity (Wildman–Crippen MR) is 71.2 cm³/mol. The van der Waals surface area contributed by atoms with E-state index in [1.807, 2.05) is 0 Å². The minimum Gasteiger partial charge on any atom is -0.394 e. The van der Waals surface area contributed by atoms with E-state index in [1.54, 1.807) is 24.3 Å². The van der Waals surface area contributed by atoms with Crippen LogP contribution in [-0.4, -0.2) is 40.8 Å². The summed E-state index contributed by atoms with van der Waals surface area (Å²) >= 11 is 0. The fourth-order valence-electron chi connectivity index (χ4n) is 1.38. The second kappa shape index (κ2) is 6.31. The largest absolute Gasteiger partial charge is 0.394 e. The molecule has 0 aliphatic heterocycles. The Balaban J connectivity index is 2.72. The summed E-state index contributed by atoms with van der Waals surface area (Å²) in [4.78, 5) is 22.9. The number of amides is 2. The Hall–Kier alpha value is -1.92. The average molecular weight is 266 g/mol. The number of rotatable bonds is 5. The summed E-state index contributed by atoms with van der Waals surface area (Å²) in [6.45, 7) is 2.18. The van der Waals surface area contributed by atoms with Crippen LogP contribution in [0.2, 0.25) is 0 Å². The number of carbonyl (C=O) groups excluding carboxylic acids is 2. The van der Waals surface area contributed by atoms with Crippen molar-refractivity contribution in [2.75, 3.05) is 18.5 Å². The van der Waals surface area contributed by atoms with Gasteiger partial charge in [0, 0.05) is 11.3 Å². The molecule has 4 N–H and O–H groups in total. The van der Waals surface area contributed by atoms with Gasteiger partial charge < -0.3 is 20.8 Å². The topological polar surface area (TPSA) is 98.7 Å². The SMILES string of the molecule is CC(=O)c1cccc(NC(=O)NC(C)(CO)CO)c1. The summed E-state index contributed by atoms with van der Waals surface area (Å²) in [5.74, 6) is -0.0976. The Morgan fingerprint density at radius 2 is 1.89 bits per heavy atom. The maximum Gasteiger partial charge on any atom is 0.319 e. The number of aliphatic hydroxyl groups excluding tert-OH is 2. The summed E-state index contributed by atoms with van der Waals surface area (Å²) in [7, 11) is 0. The number of nitrogens with one attached hydrogen (secondary N) is 2. The molecule has 0 saturated heterocycles. The lowest BCUT2D eigenvalue weighted by molar-refractivity contribution is 0.101. The third kappa shape index (κ3) is 4.35. The molecule has 0 bridgehead atoms. The van der Waals surface area contributed by atoms with Gasteiger partial charge in [-0.2, -0.15) is 0 Å². The number of aliphatic hydroxyl groups is 2. The highest BCUT2D eigenvalue weighted by atomic mass is 16.3. The first-order chi connectivity index (χ1) is 8.90. The van der Waals surface area contributed by atoms with E-state index in [2.05, 4.69) is 10.6 Å². The first-order valence-corrected chi connectivity index (χ1v) is 5.82. The zero-order valence-electron chi connectivity index (χ0n) is 10.9. The standard InChI is InChI=1S/C13H18N2O4/c1-9(18)10-4-3-5-11(6-10)14-12(19)15-13(2,7-16)8-17/h3-6,16-17H,7-8H2,1-2H3,(H2,14,15,19). The Morgan fingerprint density at radius 3 is 2.42 bits per heavy atom. The molecule has 0 fully saturated rings. The van der Waals surface area contributed by atoms with Crippen LogP contribution in [0.15, 0.2) is 24.3 Å². The van der Waals surface area contributed by atoms with Gasteiger partial charge in [-0.15, -0.1) is 0 Å². The lowest BCUT2D eigenvalue weighted by Crippen LogP contribution is -2.53. The smallest absolute Gasteiger partial charge is 0.319 e. The number of hydrogen-bond donors (Lipinski definition) is 4. The number of carbonyl (C=O) groups is 2. The van der Waals surface area contributed by atoms with Crippen molar-refractivity contribution in [1.82, 2.24) is 5.32 Å². The van der Waals surface area contributed by atoms with Crippen molar-refractivity contribution >= 4 is 17.5 Å². The van der Waals surface area contributed by atoms with Gasteiger partial charge in [-0.3, -0.25) is 4.79 Å². The van der Waals surface area contributed by atoms with Gasteiger partial charge in [0.25, 0.3) is 0 Å².